The van der Waals surface area contributed by atoms with Gasteiger partial charge < -0.3 is 4.74 Å². The molecule has 0 aliphatic heterocycles. The van der Waals surface area contributed by atoms with Crippen molar-refractivity contribution in [3.8, 4) is 5.75 Å². The van der Waals surface area contributed by atoms with Crippen LogP contribution in [-0.2, 0) is 4.79 Å². The normalized spacial score (nSPS) is 16.5. The molecule has 1 atom stereocenters. The summed E-state index contributed by atoms with van der Waals surface area (Å²) in [4.78, 5) is 12.0. The number of carbonyl (C=O) groups is 1. The number of unbranched alkanes of at least 4 members (excludes halogenated alkanes) is 8. The molecule has 29 heavy (non-hydrogen) atoms. The van der Waals surface area contributed by atoms with Crippen LogP contribution in [0, 0.1) is 5.92 Å². The Morgan fingerprint density at radius 3 is 2.17 bits per heavy atom. The summed E-state index contributed by atoms with van der Waals surface area (Å²) in [6.07, 6.45) is 20.7. The summed E-state index contributed by atoms with van der Waals surface area (Å²) in [5.74, 6) is 1.44. The van der Waals surface area contributed by atoms with Crippen LogP contribution in [0.1, 0.15) is 116 Å². The van der Waals surface area contributed by atoms with Crippen LogP contribution in [0.5, 0.6) is 5.75 Å². The lowest BCUT2D eigenvalue weighted by Gasteiger charge is -2.22. The van der Waals surface area contributed by atoms with E-state index in [1.807, 2.05) is 12.1 Å². The topological polar surface area (TPSA) is 26.3 Å². The van der Waals surface area contributed by atoms with Gasteiger partial charge >= 0.3 is 5.97 Å². The molecule has 162 valence electrons. The number of benzene rings is 1. The van der Waals surface area contributed by atoms with Crippen LogP contribution in [0.4, 0.5) is 0 Å². The van der Waals surface area contributed by atoms with E-state index in [0.29, 0.717) is 12.2 Å². The Balaban J connectivity index is 1.69. The molecule has 0 saturated carbocycles. The molecular weight excluding hydrogens is 356 g/mol. The molecule has 0 N–H and O–H groups in total. The third kappa shape index (κ3) is 9.65. The Labute approximate surface area is 179 Å². The Hall–Kier alpha value is -1.57. The van der Waals surface area contributed by atoms with Gasteiger partial charge in [0.05, 0.1) is 0 Å². The second-order valence-electron chi connectivity index (χ2n) is 8.74. The molecule has 1 unspecified atom stereocenters. The van der Waals surface area contributed by atoms with Gasteiger partial charge in [0, 0.05) is 6.42 Å². The molecule has 1 aromatic carbocycles. The van der Waals surface area contributed by atoms with Gasteiger partial charge in [0.1, 0.15) is 5.75 Å². The molecule has 1 aliphatic rings. The van der Waals surface area contributed by atoms with Gasteiger partial charge in [-0.1, -0.05) is 96.3 Å². The lowest BCUT2D eigenvalue weighted by Crippen LogP contribution is -2.08. The van der Waals surface area contributed by atoms with Crippen LogP contribution >= 0.6 is 0 Å². The maximum absolute atomic E-state index is 12.0. The molecule has 1 aromatic rings. The van der Waals surface area contributed by atoms with Gasteiger partial charge in [-0.3, -0.25) is 4.79 Å². The summed E-state index contributed by atoms with van der Waals surface area (Å²) in [6.45, 7) is 4.48. The van der Waals surface area contributed by atoms with Crippen molar-refractivity contribution in [2.75, 3.05) is 0 Å². The molecule has 0 amide bonds. The van der Waals surface area contributed by atoms with Gasteiger partial charge in [-0.15, -0.1) is 0 Å². The minimum atomic E-state index is -0.104. The first-order valence-corrected chi connectivity index (χ1v) is 12.2. The smallest absolute Gasteiger partial charge is 0.311 e. The molecule has 2 nitrogen and oxygen atoms in total. The van der Waals surface area contributed by atoms with Crippen LogP contribution in [0.3, 0.4) is 0 Å². The molecule has 1 aliphatic carbocycles. The zero-order valence-corrected chi connectivity index (χ0v) is 18.9. The first kappa shape index (κ1) is 23.7. The predicted molar refractivity (Wildman–Crippen MR) is 124 cm³/mol. The Morgan fingerprint density at radius 2 is 1.55 bits per heavy atom. The van der Waals surface area contributed by atoms with E-state index in [-0.39, 0.29) is 5.97 Å². The molecule has 0 saturated heterocycles. The lowest BCUT2D eigenvalue weighted by atomic mass is 9.84. The predicted octanol–water partition coefficient (Wildman–Crippen LogP) is 8.50. The average Bonchev–Trinajstić information content (AvgIpc) is 2.74. The van der Waals surface area contributed by atoms with Crippen LogP contribution in [0.2, 0.25) is 0 Å². The number of allylic oxidation sites excluding steroid dienone is 2. The zero-order chi connectivity index (χ0) is 20.7. The SMILES string of the molecule is CCCCCCCC(=O)Oc1ccc(C2=CCC(CCCCCCC)CC2)cc1. The second kappa shape index (κ2) is 14.4. The van der Waals surface area contributed by atoms with E-state index in [1.54, 1.807) is 0 Å². The maximum Gasteiger partial charge on any atom is 0.311 e. The fraction of sp³-hybridized carbons (Fsp3) is 0.667. The average molecular weight is 399 g/mol. The van der Waals surface area contributed by atoms with Gasteiger partial charge in [0.25, 0.3) is 0 Å². The molecular formula is C27H42O2. The van der Waals surface area contributed by atoms with E-state index in [0.717, 1.165) is 18.8 Å². The fourth-order valence-electron chi connectivity index (χ4n) is 4.24. The van der Waals surface area contributed by atoms with Crippen molar-refractivity contribution in [1.82, 2.24) is 0 Å². The highest BCUT2D eigenvalue weighted by Crippen LogP contribution is 2.33. The Morgan fingerprint density at radius 1 is 0.897 bits per heavy atom. The Kier molecular flexibility index (Phi) is 11.8. The third-order valence-corrected chi connectivity index (χ3v) is 6.18. The molecule has 0 heterocycles. The first-order valence-electron chi connectivity index (χ1n) is 12.2. The van der Waals surface area contributed by atoms with E-state index < -0.39 is 0 Å². The minimum Gasteiger partial charge on any atom is -0.427 e. The summed E-state index contributed by atoms with van der Waals surface area (Å²) in [7, 11) is 0. The van der Waals surface area contributed by atoms with Gasteiger partial charge in [-0.2, -0.15) is 0 Å². The number of hydrogen-bond acceptors (Lipinski definition) is 2. The second-order valence-corrected chi connectivity index (χ2v) is 8.74. The van der Waals surface area contributed by atoms with Crippen LogP contribution in [0.25, 0.3) is 5.57 Å². The molecule has 0 spiro atoms. The quantitative estimate of drug-likeness (QED) is 0.178. The number of rotatable bonds is 14. The van der Waals surface area contributed by atoms with Gasteiger partial charge in [0.2, 0.25) is 0 Å². The van der Waals surface area contributed by atoms with Crippen molar-refractivity contribution < 1.29 is 9.53 Å². The van der Waals surface area contributed by atoms with E-state index in [1.165, 1.54) is 88.2 Å². The van der Waals surface area contributed by atoms with Crippen molar-refractivity contribution in [2.45, 2.75) is 110 Å². The molecule has 0 bridgehead atoms. The maximum atomic E-state index is 12.0. The zero-order valence-electron chi connectivity index (χ0n) is 18.9. The van der Waals surface area contributed by atoms with E-state index in [9.17, 15) is 4.79 Å². The lowest BCUT2D eigenvalue weighted by molar-refractivity contribution is -0.134. The number of esters is 1. The van der Waals surface area contributed by atoms with Gasteiger partial charge in [-0.05, 0) is 54.9 Å². The van der Waals surface area contributed by atoms with Gasteiger partial charge in [0.15, 0.2) is 0 Å². The van der Waals surface area contributed by atoms with Crippen molar-refractivity contribution >= 4 is 11.5 Å². The highest BCUT2D eigenvalue weighted by molar-refractivity contribution is 5.73. The van der Waals surface area contributed by atoms with Crippen LogP contribution < -0.4 is 4.74 Å². The molecule has 0 fully saturated rings. The van der Waals surface area contributed by atoms with Crippen molar-refractivity contribution in [3.63, 3.8) is 0 Å². The highest BCUT2D eigenvalue weighted by Gasteiger charge is 2.15. The number of hydrogen-bond donors (Lipinski definition) is 0. The Bertz CT molecular complexity index is 599. The number of carbonyl (C=O) groups excluding carboxylic acids is 1. The summed E-state index contributed by atoms with van der Waals surface area (Å²) in [6, 6.07) is 8.12. The van der Waals surface area contributed by atoms with E-state index in [4.69, 9.17) is 4.74 Å². The summed E-state index contributed by atoms with van der Waals surface area (Å²) < 4.78 is 5.49. The largest absolute Gasteiger partial charge is 0.427 e. The highest BCUT2D eigenvalue weighted by atomic mass is 16.5. The van der Waals surface area contributed by atoms with Crippen LogP contribution in [-0.4, -0.2) is 5.97 Å². The summed E-state index contributed by atoms with van der Waals surface area (Å²) >= 11 is 0. The molecule has 2 rings (SSSR count). The fourth-order valence-corrected chi connectivity index (χ4v) is 4.24. The minimum absolute atomic E-state index is 0.104. The van der Waals surface area contributed by atoms with Crippen molar-refractivity contribution in [2.24, 2.45) is 5.92 Å². The summed E-state index contributed by atoms with van der Waals surface area (Å²) in [5, 5.41) is 0. The summed E-state index contributed by atoms with van der Waals surface area (Å²) in [5.41, 5.74) is 2.74. The van der Waals surface area contributed by atoms with Gasteiger partial charge in [-0.25, -0.2) is 0 Å². The van der Waals surface area contributed by atoms with Crippen LogP contribution in [0.15, 0.2) is 30.3 Å². The van der Waals surface area contributed by atoms with E-state index >= 15 is 0 Å². The molecule has 0 radical (unpaired) electrons. The third-order valence-electron chi connectivity index (χ3n) is 6.18. The van der Waals surface area contributed by atoms with Crippen molar-refractivity contribution in [1.29, 1.82) is 0 Å². The standard InChI is InChI=1S/C27H42O2/c1-3-5-7-9-11-13-23-15-17-24(18-16-23)25-19-21-26(22-20-25)29-27(28)14-12-10-8-6-4-2/h17,19-23H,3-16,18H2,1-2H3. The van der Waals surface area contributed by atoms with Crippen molar-refractivity contribution in [3.05, 3.63) is 35.9 Å². The number of ether oxygens (including phenoxy) is 1. The monoisotopic (exact) mass is 398 g/mol. The van der Waals surface area contributed by atoms with E-state index in [2.05, 4.69) is 32.1 Å². The molecule has 0 aromatic heterocycles. The molecule has 2 heteroatoms. The first-order chi connectivity index (χ1) is 14.2.